The van der Waals surface area contributed by atoms with Crippen molar-refractivity contribution in [3.63, 3.8) is 0 Å². The third-order valence-electron chi connectivity index (χ3n) is 4.91. The van der Waals surface area contributed by atoms with Gasteiger partial charge in [-0.2, -0.15) is 0 Å². The maximum Gasteiger partial charge on any atom is 0.162 e. The van der Waals surface area contributed by atoms with Gasteiger partial charge in [0.25, 0.3) is 0 Å². The highest BCUT2D eigenvalue weighted by Gasteiger charge is 2.27. The molecule has 0 saturated carbocycles. The van der Waals surface area contributed by atoms with Gasteiger partial charge in [0.1, 0.15) is 11.9 Å². The molecule has 1 aliphatic heterocycles. The van der Waals surface area contributed by atoms with E-state index in [2.05, 4.69) is 46.5 Å². The van der Waals surface area contributed by atoms with E-state index in [1.807, 2.05) is 37.3 Å². The second-order valence-corrected chi connectivity index (χ2v) is 7.11. The van der Waals surface area contributed by atoms with Crippen LogP contribution in [0.1, 0.15) is 47.7 Å². The third kappa shape index (κ3) is 3.10. The molecular formula is C22H21ClN4. The highest BCUT2D eigenvalue weighted by Crippen LogP contribution is 2.33. The van der Waals surface area contributed by atoms with Gasteiger partial charge in [-0.1, -0.05) is 48.9 Å². The molecule has 4 rings (SSSR count). The van der Waals surface area contributed by atoms with Gasteiger partial charge in [0, 0.05) is 16.1 Å². The van der Waals surface area contributed by atoms with Crippen LogP contribution in [0.25, 0.3) is 5.69 Å². The molecule has 1 atom stereocenters. The summed E-state index contributed by atoms with van der Waals surface area (Å²) in [5, 5.41) is 9.49. The number of fused-ring (bicyclic) bond motifs is 3. The van der Waals surface area contributed by atoms with Crippen molar-refractivity contribution in [3.05, 3.63) is 88.5 Å². The molecular weight excluding hydrogens is 356 g/mol. The normalized spacial score (nSPS) is 15.5. The minimum absolute atomic E-state index is 0.133. The molecule has 27 heavy (non-hydrogen) atoms. The van der Waals surface area contributed by atoms with E-state index in [0.29, 0.717) is 11.4 Å². The van der Waals surface area contributed by atoms with Crippen LogP contribution in [0, 0.1) is 6.92 Å². The number of aromatic nitrogens is 3. The molecule has 4 nitrogen and oxygen atoms in total. The fourth-order valence-electron chi connectivity index (χ4n) is 3.51. The summed E-state index contributed by atoms with van der Waals surface area (Å²) < 4.78 is 2.13. The Balaban J connectivity index is 2.02. The highest BCUT2D eigenvalue weighted by atomic mass is 35.5. The molecule has 0 amide bonds. The first kappa shape index (κ1) is 17.7. The van der Waals surface area contributed by atoms with Crippen LogP contribution >= 0.6 is 11.6 Å². The molecule has 0 aliphatic carbocycles. The molecule has 5 heteroatoms. The van der Waals surface area contributed by atoms with Gasteiger partial charge in [-0.25, -0.2) is 0 Å². The van der Waals surface area contributed by atoms with Gasteiger partial charge in [0.15, 0.2) is 5.82 Å². The SMILES string of the molecule is C=CC[C@H]1N=C(c2ccc(Cl)cc2)c2ccc(CC)cc2-n2c(C)nnc21. The lowest BCUT2D eigenvalue weighted by Crippen LogP contribution is -2.09. The Kier molecular flexibility index (Phi) is 4.66. The monoisotopic (exact) mass is 376 g/mol. The van der Waals surface area contributed by atoms with Crippen molar-refractivity contribution >= 4 is 17.3 Å². The van der Waals surface area contributed by atoms with Gasteiger partial charge in [0.05, 0.1) is 11.4 Å². The fourth-order valence-corrected chi connectivity index (χ4v) is 3.64. The highest BCUT2D eigenvalue weighted by molar-refractivity contribution is 6.30. The molecule has 2 heterocycles. The molecule has 0 spiro atoms. The van der Waals surface area contributed by atoms with Crippen molar-refractivity contribution in [1.82, 2.24) is 14.8 Å². The van der Waals surface area contributed by atoms with Crippen LogP contribution in [0.2, 0.25) is 5.02 Å². The third-order valence-corrected chi connectivity index (χ3v) is 5.16. The van der Waals surface area contributed by atoms with E-state index in [1.165, 1.54) is 5.56 Å². The Bertz CT molecular complexity index is 1030. The Hall–Kier alpha value is -2.72. The Morgan fingerprint density at radius 3 is 2.63 bits per heavy atom. The number of benzene rings is 2. The second kappa shape index (κ2) is 7.12. The van der Waals surface area contributed by atoms with Crippen LogP contribution in [0.3, 0.4) is 0 Å². The van der Waals surface area contributed by atoms with E-state index in [0.717, 1.165) is 40.6 Å². The maximum absolute atomic E-state index is 6.10. The number of aliphatic imine (C=N–C) groups is 1. The first-order valence-corrected chi connectivity index (χ1v) is 9.50. The van der Waals surface area contributed by atoms with Crippen molar-refractivity contribution in [3.8, 4) is 5.69 Å². The van der Waals surface area contributed by atoms with Gasteiger partial charge in [-0.3, -0.25) is 9.56 Å². The van der Waals surface area contributed by atoms with Gasteiger partial charge >= 0.3 is 0 Å². The number of hydrogen-bond acceptors (Lipinski definition) is 3. The summed E-state index contributed by atoms with van der Waals surface area (Å²) in [5.41, 5.74) is 5.40. The average molecular weight is 377 g/mol. The lowest BCUT2D eigenvalue weighted by Gasteiger charge is -2.14. The van der Waals surface area contributed by atoms with E-state index in [9.17, 15) is 0 Å². The van der Waals surface area contributed by atoms with Crippen LogP contribution in [-0.4, -0.2) is 20.5 Å². The molecule has 1 aliphatic rings. The molecule has 2 aromatic carbocycles. The zero-order chi connectivity index (χ0) is 19.0. The predicted octanol–water partition coefficient (Wildman–Crippen LogP) is 5.26. The summed E-state index contributed by atoms with van der Waals surface area (Å²) in [4.78, 5) is 5.10. The minimum atomic E-state index is -0.133. The molecule has 0 fully saturated rings. The van der Waals surface area contributed by atoms with Crippen molar-refractivity contribution in [2.24, 2.45) is 4.99 Å². The fraction of sp³-hybridized carbons (Fsp3) is 0.227. The second-order valence-electron chi connectivity index (χ2n) is 6.67. The number of hydrogen-bond donors (Lipinski definition) is 0. The number of rotatable bonds is 4. The summed E-state index contributed by atoms with van der Waals surface area (Å²) >= 11 is 6.10. The lowest BCUT2D eigenvalue weighted by atomic mass is 9.98. The van der Waals surface area contributed by atoms with Gasteiger partial charge in [-0.05, 0) is 43.5 Å². The maximum atomic E-state index is 6.10. The predicted molar refractivity (Wildman–Crippen MR) is 110 cm³/mol. The van der Waals surface area contributed by atoms with E-state index < -0.39 is 0 Å². The van der Waals surface area contributed by atoms with Crippen molar-refractivity contribution in [2.45, 2.75) is 32.7 Å². The van der Waals surface area contributed by atoms with Crippen molar-refractivity contribution in [2.75, 3.05) is 0 Å². The Labute approximate surface area is 164 Å². The van der Waals surface area contributed by atoms with E-state index in [1.54, 1.807) is 0 Å². The quantitative estimate of drug-likeness (QED) is 0.583. The molecule has 136 valence electrons. The molecule has 3 aromatic rings. The minimum Gasteiger partial charge on any atom is -0.281 e. The Morgan fingerprint density at radius 1 is 1.15 bits per heavy atom. The Morgan fingerprint density at radius 2 is 1.93 bits per heavy atom. The standard InChI is InChI=1S/C22H21ClN4/c1-4-6-19-22-26-25-14(3)27(22)20-13-15(5-2)7-12-18(20)21(24-19)16-8-10-17(23)11-9-16/h4,7-13,19H,1,5-6H2,2-3H3/t19-/m1/s1. The smallest absolute Gasteiger partial charge is 0.162 e. The topological polar surface area (TPSA) is 43.1 Å². The number of halogens is 1. The molecule has 0 N–H and O–H groups in total. The number of aryl methyl sites for hydroxylation is 2. The van der Waals surface area contributed by atoms with Crippen LogP contribution in [0.15, 0.2) is 60.1 Å². The summed E-state index contributed by atoms with van der Waals surface area (Å²) in [5.74, 6) is 1.71. The van der Waals surface area contributed by atoms with Crippen LogP contribution < -0.4 is 0 Å². The summed E-state index contributed by atoms with van der Waals surface area (Å²) in [7, 11) is 0. The van der Waals surface area contributed by atoms with Gasteiger partial charge in [0.2, 0.25) is 0 Å². The van der Waals surface area contributed by atoms with E-state index in [4.69, 9.17) is 16.6 Å². The van der Waals surface area contributed by atoms with Gasteiger partial charge in [-0.15, -0.1) is 16.8 Å². The summed E-state index contributed by atoms with van der Waals surface area (Å²) in [6, 6.07) is 14.2. The zero-order valence-corrected chi connectivity index (χ0v) is 16.2. The van der Waals surface area contributed by atoms with Crippen LogP contribution in [-0.2, 0) is 6.42 Å². The lowest BCUT2D eigenvalue weighted by molar-refractivity contribution is 0.670. The molecule has 1 aromatic heterocycles. The first-order chi connectivity index (χ1) is 13.1. The number of nitrogens with zero attached hydrogens (tertiary/aromatic N) is 4. The van der Waals surface area contributed by atoms with Crippen LogP contribution in [0.5, 0.6) is 0 Å². The molecule has 0 bridgehead atoms. The summed E-state index contributed by atoms with van der Waals surface area (Å²) in [6.45, 7) is 8.05. The molecule has 0 radical (unpaired) electrons. The van der Waals surface area contributed by atoms with Crippen molar-refractivity contribution in [1.29, 1.82) is 0 Å². The molecule has 0 saturated heterocycles. The van der Waals surface area contributed by atoms with E-state index in [-0.39, 0.29) is 6.04 Å². The zero-order valence-electron chi connectivity index (χ0n) is 15.5. The summed E-state index contributed by atoms with van der Waals surface area (Å²) in [6.07, 6.45) is 3.55. The first-order valence-electron chi connectivity index (χ1n) is 9.12. The largest absolute Gasteiger partial charge is 0.281 e. The van der Waals surface area contributed by atoms with Gasteiger partial charge < -0.3 is 0 Å². The molecule has 0 unspecified atom stereocenters. The average Bonchev–Trinajstić information content (AvgIpc) is 3.00. The van der Waals surface area contributed by atoms with Crippen molar-refractivity contribution < 1.29 is 0 Å². The van der Waals surface area contributed by atoms with Crippen LogP contribution in [0.4, 0.5) is 0 Å². The van der Waals surface area contributed by atoms with E-state index >= 15 is 0 Å².